The Balaban J connectivity index is 2.79. The quantitative estimate of drug-likeness (QED) is 0.583. The van der Waals surface area contributed by atoms with Crippen LogP contribution in [0, 0.1) is 0 Å². The van der Waals surface area contributed by atoms with Crippen LogP contribution in [-0.2, 0) is 0 Å². The fraction of sp³-hybridized carbons (Fsp3) is 0.100. The molecule has 1 heterocycles. The lowest BCUT2D eigenvalue weighted by Gasteiger charge is -2.06. The zero-order valence-electron chi connectivity index (χ0n) is 7.74. The summed E-state index contributed by atoms with van der Waals surface area (Å²) in [6.45, 7) is 0. The van der Waals surface area contributed by atoms with Crippen LogP contribution in [0.3, 0.4) is 0 Å². The molecule has 1 aromatic carbocycles. The SMILES string of the molecule is Bc1c(OC)ccc2cccnc12. The first kappa shape index (κ1) is 8.11. The molecule has 64 valence electrons. The van der Waals surface area contributed by atoms with E-state index in [1.165, 1.54) is 0 Å². The summed E-state index contributed by atoms with van der Waals surface area (Å²) in [5.41, 5.74) is 2.11. The fourth-order valence-electron chi connectivity index (χ4n) is 1.49. The molecule has 0 amide bonds. The summed E-state index contributed by atoms with van der Waals surface area (Å²) >= 11 is 0. The Kier molecular flexibility index (Phi) is 1.93. The van der Waals surface area contributed by atoms with Crippen LogP contribution in [0.1, 0.15) is 0 Å². The molecule has 0 bridgehead atoms. The van der Waals surface area contributed by atoms with Gasteiger partial charge in [0.1, 0.15) is 13.6 Å². The second-order valence-electron chi connectivity index (χ2n) is 2.97. The summed E-state index contributed by atoms with van der Waals surface area (Å²) in [6.07, 6.45) is 1.80. The third-order valence-electron chi connectivity index (χ3n) is 2.20. The Morgan fingerprint density at radius 1 is 1.31 bits per heavy atom. The van der Waals surface area contributed by atoms with E-state index >= 15 is 0 Å². The van der Waals surface area contributed by atoms with Gasteiger partial charge in [-0.2, -0.15) is 0 Å². The Morgan fingerprint density at radius 3 is 2.92 bits per heavy atom. The van der Waals surface area contributed by atoms with E-state index in [0.29, 0.717) is 0 Å². The molecule has 0 aliphatic heterocycles. The van der Waals surface area contributed by atoms with Crippen LogP contribution in [0.15, 0.2) is 30.5 Å². The lowest BCUT2D eigenvalue weighted by atomic mass is 9.92. The van der Waals surface area contributed by atoms with Gasteiger partial charge in [0.15, 0.2) is 0 Å². The normalized spacial score (nSPS) is 10.2. The van der Waals surface area contributed by atoms with Crippen molar-refractivity contribution >= 4 is 24.2 Å². The van der Waals surface area contributed by atoms with Gasteiger partial charge in [0.05, 0.1) is 12.6 Å². The van der Waals surface area contributed by atoms with Gasteiger partial charge in [-0.15, -0.1) is 0 Å². The second kappa shape index (κ2) is 3.09. The Bertz CT molecular complexity index is 442. The van der Waals surface area contributed by atoms with Crippen LogP contribution >= 0.6 is 0 Å². The maximum absolute atomic E-state index is 5.21. The zero-order chi connectivity index (χ0) is 9.26. The monoisotopic (exact) mass is 171 g/mol. The van der Waals surface area contributed by atoms with E-state index in [0.717, 1.165) is 22.1 Å². The summed E-state index contributed by atoms with van der Waals surface area (Å²) in [7, 11) is 3.70. The van der Waals surface area contributed by atoms with E-state index in [4.69, 9.17) is 4.74 Å². The number of nitrogens with zero attached hydrogens (tertiary/aromatic N) is 1. The van der Waals surface area contributed by atoms with E-state index < -0.39 is 0 Å². The highest BCUT2D eigenvalue weighted by Crippen LogP contribution is 2.14. The molecule has 1 aromatic heterocycles. The van der Waals surface area contributed by atoms with Crippen molar-refractivity contribution in [1.82, 2.24) is 4.98 Å². The standard InChI is InChI=1S/C10H10BNO/c1-13-8-5-4-7-3-2-6-12-10(7)9(8)11/h2-6H,11H2,1H3. The topological polar surface area (TPSA) is 22.1 Å². The molecule has 2 nitrogen and oxygen atoms in total. The average Bonchev–Trinajstić information content (AvgIpc) is 2.19. The first-order valence-corrected chi connectivity index (χ1v) is 4.21. The zero-order valence-corrected chi connectivity index (χ0v) is 7.74. The molecule has 0 unspecified atom stereocenters. The van der Waals surface area contributed by atoms with Gasteiger partial charge in [-0.1, -0.05) is 6.07 Å². The number of pyridine rings is 1. The first-order valence-electron chi connectivity index (χ1n) is 4.21. The number of fused-ring (bicyclic) bond motifs is 1. The van der Waals surface area contributed by atoms with Crippen molar-refractivity contribution in [2.45, 2.75) is 0 Å². The van der Waals surface area contributed by atoms with Gasteiger partial charge in [-0.3, -0.25) is 4.98 Å². The van der Waals surface area contributed by atoms with Gasteiger partial charge >= 0.3 is 0 Å². The molecular formula is C10H10BNO. The van der Waals surface area contributed by atoms with Crippen LogP contribution in [0.2, 0.25) is 0 Å². The van der Waals surface area contributed by atoms with E-state index in [1.807, 2.05) is 26.0 Å². The summed E-state index contributed by atoms with van der Waals surface area (Å²) in [5.74, 6) is 0.895. The highest BCUT2D eigenvalue weighted by molar-refractivity contribution is 6.40. The minimum Gasteiger partial charge on any atom is -0.497 e. The van der Waals surface area contributed by atoms with E-state index in [1.54, 1.807) is 13.3 Å². The van der Waals surface area contributed by atoms with Crippen molar-refractivity contribution in [2.24, 2.45) is 0 Å². The molecule has 2 aromatic rings. The summed E-state index contributed by atoms with van der Waals surface area (Å²) in [4.78, 5) is 4.31. The highest BCUT2D eigenvalue weighted by atomic mass is 16.5. The number of benzene rings is 1. The molecule has 0 radical (unpaired) electrons. The van der Waals surface area contributed by atoms with Crippen molar-refractivity contribution in [2.75, 3.05) is 7.11 Å². The van der Waals surface area contributed by atoms with Gasteiger partial charge in [-0.05, 0) is 29.0 Å². The van der Waals surface area contributed by atoms with E-state index in [2.05, 4.69) is 11.1 Å². The van der Waals surface area contributed by atoms with Gasteiger partial charge in [-0.25, -0.2) is 0 Å². The van der Waals surface area contributed by atoms with Crippen molar-refractivity contribution in [1.29, 1.82) is 0 Å². The first-order chi connectivity index (χ1) is 6.33. The molecule has 0 saturated heterocycles. The van der Waals surface area contributed by atoms with Crippen molar-refractivity contribution in [3.05, 3.63) is 30.5 Å². The lowest BCUT2D eigenvalue weighted by molar-refractivity contribution is 0.418. The lowest BCUT2D eigenvalue weighted by Crippen LogP contribution is -2.09. The molecule has 3 heteroatoms. The Morgan fingerprint density at radius 2 is 2.15 bits per heavy atom. The van der Waals surface area contributed by atoms with Crippen LogP contribution in [0.5, 0.6) is 5.75 Å². The number of ether oxygens (including phenoxy) is 1. The predicted molar refractivity (Wildman–Crippen MR) is 56.5 cm³/mol. The minimum absolute atomic E-state index is 0.895. The average molecular weight is 171 g/mol. The van der Waals surface area contributed by atoms with E-state index in [9.17, 15) is 0 Å². The number of hydrogen-bond donors (Lipinski definition) is 0. The molecule has 0 saturated carbocycles. The van der Waals surface area contributed by atoms with Crippen molar-refractivity contribution < 1.29 is 4.74 Å². The van der Waals surface area contributed by atoms with Crippen LogP contribution in [-0.4, -0.2) is 19.9 Å². The molecule has 0 fully saturated rings. The number of methoxy groups -OCH3 is 1. The smallest absolute Gasteiger partial charge is 0.147 e. The molecular weight excluding hydrogens is 161 g/mol. The molecule has 0 aliphatic carbocycles. The molecule has 13 heavy (non-hydrogen) atoms. The third-order valence-corrected chi connectivity index (χ3v) is 2.20. The Labute approximate surface area is 78.0 Å². The predicted octanol–water partition coefficient (Wildman–Crippen LogP) is 0.502. The second-order valence-corrected chi connectivity index (χ2v) is 2.97. The fourth-order valence-corrected chi connectivity index (χ4v) is 1.49. The molecule has 0 atom stereocenters. The molecule has 0 spiro atoms. The van der Waals surface area contributed by atoms with Crippen molar-refractivity contribution in [3.8, 4) is 5.75 Å². The van der Waals surface area contributed by atoms with Gasteiger partial charge in [0, 0.05) is 6.20 Å². The Hall–Kier alpha value is -1.51. The maximum Gasteiger partial charge on any atom is 0.147 e. The van der Waals surface area contributed by atoms with Crippen LogP contribution in [0.4, 0.5) is 0 Å². The van der Waals surface area contributed by atoms with Crippen LogP contribution < -0.4 is 10.2 Å². The van der Waals surface area contributed by atoms with E-state index in [-0.39, 0.29) is 0 Å². The third kappa shape index (κ3) is 1.26. The number of rotatable bonds is 1. The largest absolute Gasteiger partial charge is 0.497 e. The summed E-state index contributed by atoms with van der Waals surface area (Å²) in [5, 5.41) is 1.15. The number of hydrogen-bond acceptors (Lipinski definition) is 2. The van der Waals surface area contributed by atoms with Crippen LogP contribution in [0.25, 0.3) is 10.9 Å². The summed E-state index contributed by atoms with van der Waals surface area (Å²) in [6, 6.07) is 7.98. The number of aromatic nitrogens is 1. The van der Waals surface area contributed by atoms with Crippen molar-refractivity contribution in [3.63, 3.8) is 0 Å². The highest BCUT2D eigenvalue weighted by Gasteiger charge is 2.02. The molecule has 2 rings (SSSR count). The summed E-state index contributed by atoms with van der Waals surface area (Å²) < 4.78 is 5.21. The van der Waals surface area contributed by atoms with Gasteiger partial charge in [0.25, 0.3) is 0 Å². The van der Waals surface area contributed by atoms with Gasteiger partial charge in [0.2, 0.25) is 0 Å². The molecule has 0 N–H and O–H groups in total. The maximum atomic E-state index is 5.21. The minimum atomic E-state index is 0.895. The molecule has 0 aliphatic rings. The van der Waals surface area contributed by atoms with Gasteiger partial charge < -0.3 is 4.74 Å².